The van der Waals surface area contributed by atoms with E-state index in [9.17, 15) is 0 Å². The quantitative estimate of drug-likeness (QED) is 0.715. The van der Waals surface area contributed by atoms with Crippen LogP contribution in [0.15, 0.2) is 43.1 Å². The van der Waals surface area contributed by atoms with Gasteiger partial charge in [0.25, 0.3) is 0 Å². The number of primary amides is 1. The molecule has 15 heavy (non-hydrogen) atoms. The van der Waals surface area contributed by atoms with Crippen LogP contribution in [0.1, 0.15) is 5.56 Å². The molecule has 1 heterocycles. The lowest BCUT2D eigenvalue weighted by atomic mass is 10.1. The molecule has 0 bridgehead atoms. The summed E-state index contributed by atoms with van der Waals surface area (Å²) >= 11 is 0. The first kappa shape index (κ1) is 10.9. The van der Waals surface area contributed by atoms with Crippen LogP contribution < -0.4 is 5.73 Å². The largest absolute Gasteiger partial charge is 0.372 e. The number of carbonyl (C=O) groups excluding carboxylic acids is 1. The number of hydrogen-bond donors (Lipinski definition) is 1. The Balaban J connectivity index is 0.000000337. The van der Waals surface area contributed by atoms with Gasteiger partial charge in [0.2, 0.25) is 6.41 Å². The number of benzene rings is 1. The number of amides is 1. The van der Waals surface area contributed by atoms with Crippen LogP contribution in [0.2, 0.25) is 0 Å². The van der Waals surface area contributed by atoms with Crippen molar-refractivity contribution in [2.24, 2.45) is 5.73 Å². The molecule has 0 saturated heterocycles. The first-order chi connectivity index (χ1) is 7.33. The lowest BCUT2D eigenvalue weighted by molar-refractivity contribution is -0.106. The van der Waals surface area contributed by atoms with Crippen molar-refractivity contribution in [2.45, 2.75) is 0 Å². The molecule has 3 nitrogen and oxygen atoms in total. The maximum atomic E-state index is 8.58. The standard InChI is InChI=1S/C11H9N.CH3NO/c1-2-9-5-3-7-11-10(9)6-4-8-12-11;2-1-3/h2-8H,1H2;1H,(H2,2,3). The molecule has 1 aromatic heterocycles. The Morgan fingerprint density at radius 2 is 2.00 bits per heavy atom. The van der Waals surface area contributed by atoms with Crippen LogP contribution in [0.3, 0.4) is 0 Å². The van der Waals surface area contributed by atoms with Crippen molar-refractivity contribution in [2.75, 3.05) is 0 Å². The zero-order valence-corrected chi connectivity index (χ0v) is 8.26. The zero-order valence-electron chi connectivity index (χ0n) is 8.26. The number of nitrogens with zero attached hydrogens (tertiary/aromatic N) is 1. The summed E-state index contributed by atoms with van der Waals surface area (Å²) in [5.74, 6) is 0. The molecule has 3 heteroatoms. The van der Waals surface area contributed by atoms with E-state index in [0.29, 0.717) is 0 Å². The molecule has 0 unspecified atom stereocenters. The van der Waals surface area contributed by atoms with Crippen LogP contribution in [-0.4, -0.2) is 11.4 Å². The third-order valence-electron chi connectivity index (χ3n) is 1.90. The minimum atomic E-state index is 0.250. The first-order valence-electron chi connectivity index (χ1n) is 4.45. The van der Waals surface area contributed by atoms with Crippen LogP contribution in [0.25, 0.3) is 17.0 Å². The minimum Gasteiger partial charge on any atom is -0.372 e. The van der Waals surface area contributed by atoms with E-state index in [1.54, 1.807) is 6.20 Å². The molecule has 0 aliphatic carbocycles. The van der Waals surface area contributed by atoms with E-state index in [1.165, 1.54) is 0 Å². The van der Waals surface area contributed by atoms with Crippen molar-refractivity contribution in [3.63, 3.8) is 0 Å². The molecule has 0 radical (unpaired) electrons. The van der Waals surface area contributed by atoms with Crippen molar-refractivity contribution in [1.29, 1.82) is 0 Å². The van der Waals surface area contributed by atoms with Gasteiger partial charge in [0.05, 0.1) is 5.52 Å². The highest BCUT2D eigenvalue weighted by atomic mass is 16.1. The van der Waals surface area contributed by atoms with Gasteiger partial charge < -0.3 is 5.73 Å². The molecule has 0 saturated carbocycles. The predicted octanol–water partition coefficient (Wildman–Crippen LogP) is 1.98. The molecule has 2 rings (SSSR count). The second-order valence-electron chi connectivity index (χ2n) is 2.76. The van der Waals surface area contributed by atoms with E-state index in [1.807, 2.05) is 30.3 Å². The van der Waals surface area contributed by atoms with Crippen LogP contribution in [-0.2, 0) is 4.79 Å². The molecular weight excluding hydrogens is 188 g/mol. The van der Waals surface area contributed by atoms with Crippen molar-refractivity contribution in [3.05, 3.63) is 48.7 Å². The van der Waals surface area contributed by atoms with E-state index < -0.39 is 0 Å². The average molecular weight is 200 g/mol. The normalized spacial score (nSPS) is 8.80. The summed E-state index contributed by atoms with van der Waals surface area (Å²) in [5.41, 5.74) is 6.33. The summed E-state index contributed by atoms with van der Waals surface area (Å²) in [4.78, 5) is 12.8. The highest BCUT2D eigenvalue weighted by Crippen LogP contribution is 2.16. The van der Waals surface area contributed by atoms with Gasteiger partial charge >= 0.3 is 0 Å². The Kier molecular flexibility index (Phi) is 4.04. The molecular formula is C12H12N2O. The Bertz CT molecular complexity index is 461. The Morgan fingerprint density at radius 3 is 2.67 bits per heavy atom. The number of pyridine rings is 1. The first-order valence-corrected chi connectivity index (χ1v) is 4.45. The molecule has 0 atom stereocenters. The van der Waals surface area contributed by atoms with E-state index >= 15 is 0 Å². The predicted molar refractivity (Wildman–Crippen MR) is 62.1 cm³/mol. The molecule has 1 aromatic carbocycles. The van der Waals surface area contributed by atoms with Gasteiger partial charge in [0.1, 0.15) is 0 Å². The van der Waals surface area contributed by atoms with Gasteiger partial charge in [-0.3, -0.25) is 9.78 Å². The Morgan fingerprint density at radius 1 is 1.27 bits per heavy atom. The van der Waals surface area contributed by atoms with E-state index in [4.69, 9.17) is 4.79 Å². The number of hydrogen-bond acceptors (Lipinski definition) is 2. The van der Waals surface area contributed by atoms with Crippen molar-refractivity contribution < 1.29 is 4.79 Å². The maximum absolute atomic E-state index is 8.58. The minimum absolute atomic E-state index is 0.250. The molecule has 2 aromatic rings. The SMILES string of the molecule is C=Cc1cccc2ncccc12.NC=O. The summed E-state index contributed by atoms with van der Waals surface area (Å²) in [7, 11) is 0. The number of nitrogens with two attached hydrogens (primary N) is 1. The summed E-state index contributed by atoms with van der Waals surface area (Å²) in [5, 5.41) is 1.16. The van der Waals surface area contributed by atoms with Gasteiger partial charge in [-0.25, -0.2) is 0 Å². The molecule has 76 valence electrons. The fourth-order valence-corrected chi connectivity index (χ4v) is 1.31. The van der Waals surface area contributed by atoms with Gasteiger partial charge in [-0.15, -0.1) is 0 Å². The second-order valence-corrected chi connectivity index (χ2v) is 2.76. The second kappa shape index (κ2) is 5.54. The molecule has 2 N–H and O–H groups in total. The lowest BCUT2D eigenvalue weighted by Crippen LogP contribution is -1.82. The van der Waals surface area contributed by atoms with Crippen LogP contribution in [0.5, 0.6) is 0 Å². The van der Waals surface area contributed by atoms with Gasteiger partial charge in [0.15, 0.2) is 0 Å². The topological polar surface area (TPSA) is 56.0 Å². The number of aromatic nitrogens is 1. The van der Waals surface area contributed by atoms with Crippen molar-refractivity contribution >= 4 is 23.4 Å². The molecule has 0 spiro atoms. The summed E-state index contributed by atoms with van der Waals surface area (Å²) < 4.78 is 0. The fraction of sp³-hybridized carbons (Fsp3) is 0. The lowest BCUT2D eigenvalue weighted by Gasteiger charge is -1.98. The van der Waals surface area contributed by atoms with E-state index in [2.05, 4.69) is 23.4 Å². The third-order valence-corrected chi connectivity index (χ3v) is 1.90. The van der Waals surface area contributed by atoms with Gasteiger partial charge in [0, 0.05) is 11.6 Å². The summed E-state index contributed by atoms with van der Waals surface area (Å²) in [6.45, 7) is 3.75. The molecule has 0 aliphatic rings. The van der Waals surface area contributed by atoms with Gasteiger partial charge in [-0.1, -0.05) is 30.9 Å². The average Bonchev–Trinajstić information content (AvgIpc) is 2.29. The summed E-state index contributed by atoms with van der Waals surface area (Å²) in [6.07, 6.45) is 3.90. The zero-order chi connectivity index (χ0) is 11.1. The highest BCUT2D eigenvalue weighted by molar-refractivity contribution is 5.87. The van der Waals surface area contributed by atoms with Crippen molar-refractivity contribution in [1.82, 2.24) is 4.98 Å². The third kappa shape index (κ3) is 2.64. The molecule has 0 aliphatic heterocycles. The molecule has 1 amide bonds. The van der Waals surface area contributed by atoms with Crippen LogP contribution in [0.4, 0.5) is 0 Å². The highest BCUT2D eigenvalue weighted by Gasteiger charge is 1.95. The Hall–Kier alpha value is -2.16. The Labute approximate surface area is 88.2 Å². The number of carbonyl (C=O) groups is 1. The van der Waals surface area contributed by atoms with E-state index in [-0.39, 0.29) is 6.41 Å². The fourth-order valence-electron chi connectivity index (χ4n) is 1.31. The summed E-state index contributed by atoms with van der Waals surface area (Å²) in [6, 6.07) is 10.0. The smallest absolute Gasteiger partial charge is 0.204 e. The van der Waals surface area contributed by atoms with Crippen LogP contribution in [0, 0.1) is 0 Å². The molecule has 0 fully saturated rings. The van der Waals surface area contributed by atoms with Crippen molar-refractivity contribution in [3.8, 4) is 0 Å². The van der Waals surface area contributed by atoms with Crippen LogP contribution >= 0.6 is 0 Å². The monoisotopic (exact) mass is 200 g/mol. The number of fused-ring (bicyclic) bond motifs is 1. The van der Waals surface area contributed by atoms with E-state index in [0.717, 1.165) is 16.5 Å². The maximum Gasteiger partial charge on any atom is 0.204 e. The van der Waals surface area contributed by atoms with Gasteiger partial charge in [-0.2, -0.15) is 0 Å². The van der Waals surface area contributed by atoms with Gasteiger partial charge in [-0.05, 0) is 17.7 Å². The number of rotatable bonds is 1.